The Labute approximate surface area is 162 Å². The molecule has 9 heteroatoms. The minimum absolute atomic E-state index is 0.00702. The van der Waals surface area contributed by atoms with Crippen LogP contribution in [-0.4, -0.2) is 47.4 Å². The molecule has 1 aliphatic carbocycles. The molecule has 2 fully saturated rings. The van der Waals surface area contributed by atoms with E-state index in [0.29, 0.717) is 12.2 Å². The van der Waals surface area contributed by atoms with E-state index in [9.17, 15) is 19.2 Å². The Bertz CT molecular complexity index is 762. The lowest BCUT2D eigenvalue weighted by molar-refractivity contribution is -0.151. The van der Waals surface area contributed by atoms with Crippen molar-refractivity contribution in [3.8, 4) is 0 Å². The highest BCUT2D eigenvalue weighted by Crippen LogP contribution is 2.38. The van der Waals surface area contributed by atoms with Crippen LogP contribution in [0.4, 0.5) is 4.79 Å². The summed E-state index contributed by atoms with van der Waals surface area (Å²) in [5.41, 5.74) is -0.925. The Hall–Kier alpha value is -2.84. The molecule has 28 heavy (non-hydrogen) atoms. The van der Waals surface area contributed by atoms with Gasteiger partial charge in [-0.05, 0) is 37.8 Å². The fourth-order valence-electron chi connectivity index (χ4n) is 3.85. The van der Waals surface area contributed by atoms with Crippen molar-refractivity contribution in [2.75, 3.05) is 13.2 Å². The third kappa shape index (κ3) is 3.88. The Morgan fingerprint density at radius 2 is 2.21 bits per heavy atom. The summed E-state index contributed by atoms with van der Waals surface area (Å²) in [6, 6.07) is 2.46. The molecule has 2 N–H and O–H groups in total. The fourth-order valence-corrected chi connectivity index (χ4v) is 3.85. The van der Waals surface area contributed by atoms with Crippen molar-refractivity contribution in [2.24, 2.45) is 5.92 Å². The molecule has 0 aromatic carbocycles. The van der Waals surface area contributed by atoms with E-state index < -0.39 is 42.5 Å². The lowest BCUT2D eigenvalue weighted by Gasteiger charge is -2.36. The van der Waals surface area contributed by atoms with Crippen LogP contribution in [0.15, 0.2) is 22.8 Å². The fraction of sp³-hybridized carbons (Fsp3) is 0.579. The van der Waals surface area contributed by atoms with E-state index in [1.54, 1.807) is 19.1 Å². The van der Waals surface area contributed by atoms with Gasteiger partial charge in [0.2, 0.25) is 0 Å². The molecule has 1 aromatic rings. The van der Waals surface area contributed by atoms with Crippen molar-refractivity contribution in [3.63, 3.8) is 0 Å². The number of carbonyl (C=O) groups excluding carboxylic acids is 4. The zero-order valence-electron chi connectivity index (χ0n) is 16.0. The molecule has 3 atom stereocenters. The van der Waals surface area contributed by atoms with Gasteiger partial charge < -0.3 is 19.8 Å². The van der Waals surface area contributed by atoms with E-state index in [1.807, 2.05) is 6.92 Å². The van der Waals surface area contributed by atoms with Gasteiger partial charge in [-0.25, -0.2) is 4.79 Å². The van der Waals surface area contributed by atoms with Gasteiger partial charge in [-0.2, -0.15) is 0 Å². The number of ether oxygens (including phenoxy) is 1. The Morgan fingerprint density at radius 1 is 1.43 bits per heavy atom. The zero-order chi connectivity index (χ0) is 20.3. The number of imide groups is 1. The maximum atomic E-state index is 12.8. The minimum Gasteiger partial charge on any atom is -0.467 e. The SMILES string of the molecule is C[C@H](NC(=O)COC(=O)CN1C(=O)N[C@@]2(CCCC[C@H]2C)C1=O)c1ccco1. The molecule has 9 nitrogen and oxygen atoms in total. The van der Waals surface area contributed by atoms with Gasteiger partial charge in [0.15, 0.2) is 6.61 Å². The van der Waals surface area contributed by atoms with E-state index in [2.05, 4.69) is 10.6 Å². The predicted molar refractivity (Wildman–Crippen MR) is 96.8 cm³/mol. The van der Waals surface area contributed by atoms with E-state index in [0.717, 1.165) is 24.2 Å². The minimum atomic E-state index is -0.925. The molecule has 0 bridgehead atoms. The number of hydrogen-bond acceptors (Lipinski definition) is 6. The maximum Gasteiger partial charge on any atom is 0.326 e. The summed E-state index contributed by atoms with van der Waals surface area (Å²) >= 11 is 0. The van der Waals surface area contributed by atoms with Gasteiger partial charge in [0.05, 0.1) is 12.3 Å². The van der Waals surface area contributed by atoms with Crippen LogP contribution in [0.5, 0.6) is 0 Å². The lowest BCUT2D eigenvalue weighted by Crippen LogP contribution is -2.54. The van der Waals surface area contributed by atoms with Gasteiger partial charge in [-0.15, -0.1) is 0 Å². The van der Waals surface area contributed by atoms with Crippen LogP contribution >= 0.6 is 0 Å². The van der Waals surface area contributed by atoms with Crippen LogP contribution in [0.3, 0.4) is 0 Å². The highest BCUT2D eigenvalue weighted by Gasteiger charge is 2.55. The van der Waals surface area contributed by atoms with Gasteiger partial charge >= 0.3 is 12.0 Å². The zero-order valence-corrected chi connectivity index (χ0v) is 16.0. The van der Waals surface area contributed by atoms with Gasteiger partial charge in [0.25, 0.3) is 11.8 Å². The number of furan rings is 1. The molecule has 1 aliphatic heterocycles. The molecule has 1 aromatic heterocycles. The summed E-state index contributed by atoms with van der Waals surface area (Å²) < 4.78 is 10.1. The molecule has 4 amide bonds. The van der Waals surface area contributed by atoms with Gasteiger partial charge in [0.1, 0.15) is 17.8 Å². The van der Waals surface area contributed by atoms with E-state index in [4.69, 9.17) is 9.15 Å². The average molecular weight is 391 g/mol. The van der Waals surface area contributed by atoms with Crippen LogP contribution in [0.1, 0.15) is 51.3 Å². The number of amides is 4. The third-order valence-corrected chi connectivity index (χ3v) is 5.50. The first-order valence-electron chi connectivity index (χ1n) is 9.46. The summed E-state index contributed by atoms with van der Waals surface area (Å²) in [4.78, 5) is 49.9. The molecular weight excluding hydrogens is 366 g/mol. The van der Waals surface area contributed by atoms with Crippen molar-refractivity contribution in [2.45, 2.75) is 51.1 Å². The number of carbonyl (C=O) groups is 4. The Kier molecular flexibility index (Phi) is 5.71. The highest BCUT2D eigenvalue weighted by molar-refractivity contribution is 6.09. The first-order chi connectivity index (χ1) is 13.3. The first kappa shape index (κ1) is 19.9. The third-order valence-electron chi connectivity index (χ3n) is 5.50. The molecule has 2 heterocycles. The summed E-state index contributed by atoms with van der Waals surface area (Å²) in [6.45, 7) is 2.65. The molecule has 1 saturated carbocycles. The quantitative estimate of drug-likeness (QED) is 0.560. The Balaban J connectivity index is 1.50. The number of nitrogens with zero attached hydrogens (tertiary/aromatic N) is 1. The second-order valence-electron chi connectivity index (χ2n) is 7.40. The van der Waals surface area contributed by atoms with Crippen LogP contribution < -0.4 is 10.6 Å². The normalized spacial score (nSPS) is 25.5. The maximum absolute atomic E-state index is 12.8. The van der Waals surface area contributed by atoms with Crippen LogP contribution in [0.25, 0.3) is 0 Å². The van der Waals surface area contributed by atoms with Crippen molar-refractivity contribution < 1.29 is 28.3 Å². The standard InChI is InChI=1S/C19H25N3O6/c1-12-6-3-4-8-19(12)17(25)22(18(26)21-19)10-16(24)28-11-15(23)20-13(2)14-7-5-9-27-14/h5,7,9,12-13H,3-4,6,8,10-11H2,1-2H3,(H,20,23)(H,21,26)/t12-,13+,19-/m1/s1. The summed E-state index contributed by atoms with van der Waals surface area (Å²) in [5.74, 6) is -1.13. The average Bonchev–Trinajstić information content (AvgIpc) is 3.27. The molecule has 0 radical (unpaired) electrons. The summed E-state index contributed by atoms with van der Waals surface area (Å²) in [6.07, 6.45) is 4.77. The topological polar surface area (TPSA) is 118 Å². The second kappa shape index (κ2) is 8.04. The van der Waals surface area contributed by atoms with Crippen LogP contribution in [0.2, 0.25) is 0 Å². The van der Waals surface area contributed by atoms with Gasteiger partial charge in [0, 0.05) is 0 Å². The van der Waals surface area contributed by atoms with E-state index in [-0.39, 0.29) is 12.0 Å². The van der Waals surface area contributed by atoms with Crippen LogP contribution in [0, 0.1) is 5.92 Å². The molecule has 1 spiro atoms. The molecule has 0 unspecified atom stereocenters. The second-order valence-corrected chi connectivity index (χ2v) is 7.40. The molecular formula is C19H25N3O6. The summed E-state index contributed by atoms with van der Waals surface area (Å²) in [7, 11) is 0. The largest absolute Gasteiger partial charge is 0.467 e. The number of urea groups is 1. The predicted octanol–water partition coefficient (Wildman–Crippen LogP) is 1.50. The lowest BCUT2D eigenvalue weighted by atomic mass is 9.73. The highest BCUT2D eigenvalue weighted by atomic mass is 16.5. The van der Waals surface area contributed by atoms with Gasteiger partial charge in [-0.1, -0.05) is 19.8 Å². The molecule has 1 saturated heterocycles. The molecule has 152 valence electrons. The van der Waals surface area contributed by atoms with Crippen LogP contribution in [-0.2, 0) is 19.1 Å². The van der Waals surface area contributed by atoms with Crippen molar-refractivity contribution in [1.29, 1.82) is 0 Å². The monoisotopic (exact) mass is 391 g/mol. The molecule has 3 rings (SSSR count). The molecule has 2 aliphatic rings. The number of rotatable bonds is 6. The van der Waals surface area contributed by atoms with Gasteiger partial charge in [-0.3, -0.25) is 19.3 Å². The van der Waals surface area contributed by atoms with Crippen molar-refractivity contribution in [3.05, 3.63) is 24.2 Å². The van der Waals surface area contributed by atoms with E-state index >= 15 is 0 Å². The smallest absolute Gasteiger partial charge is 0.326 e. The first-order valence-corrected chi connectivity index (χ1v) is 9.46. The number of hydrogen-bond donors (Lipinski definition) is 2. The van der Waals surface area contributed by atoms with E-state index in [1.165, 1.54) is 6.26 Å². The summed E-state index contributed by atoms with van der Waals surface area (Å²) in [5, 5.41) is 5.40. The van der Waals surface area contributed by atoms with Crippen molar-refractivity contribution in [1.82, 2.24) is 15.5 Å². The number of esters is 1. The number of nitrogens with one attached hydrogen (secondary N) is 2. The Morgan fingerprint density at radius 3 is 2.89 bits per heavy atom. The van der Waals surface area contributed by atoms with Crippen molar-refractivity contribution >= 4 is 23.8 Å².